The average molecular weight is 267 g/mol. The first-order valence-corrected chi connectivity index (χ1v) is 6.41. The fraction of sp³-hybridized carbons (Fsp3) is 0.312. The molecule has 1 rings (SSSR count). The Hall–Kier alpha value is -1.34. The molecule has 2 heteroatoms. The summed E-state index contributed by atoms with van der Waals surface area (Å²) in [7, 11) is 0. The minimum absolute atomic E-state index is 0.0925. The van der Waals surface area contributed by atoms with E-state index in [0.717, 1.165) is 11.1 Å². The molecule has 0 aliphatic rings. The van der Waals surface area contributed by atoms with E-state index < -0.39 is 0 Å². The average Bonchev–Trinajstić information content (AvgIpc) is 2.35. The molecule has 0 N–H and O–H groups in total. The normalized spacial score (nSPS) is 9.33. The lowest BCUT2D eigenvalue weighted by Gasteiger charge is -1.96. The fourth-order valence-electron chi connectivity index (χ4n) is 0.911. The van der Waals surface area contributed by atoms with Gasteiger partial charge in [-0.2, -0.15) is 0 Å². The predicted octanol–water partition coefficient (Wildman–Crippen LogP) is 5.55. The molecular formula is C16H23ClO. The quantitative estimate of drug-likeness (QED) is 0.507. The molecule has 0 atom stereocenters. The minimum atomic E-state index is 0.0925. The number of hydrogen-bond acceptors (Lipinski definition) is 1. The van der Waals surface area contributed by atoms with Crippen molar-refractivity contribution in [3.63, 3.8) is 0 Å². The van der Waals surface area contributed by atoms with E-state index >= 15 is 0 Å². The smallest absolute Gasteiger partial charge is 0.155 e. The van der Waals surface area contributed by atoms with Gasteiger partial charge in [0.05, 0.1) is 0 Å². The number of allylic oxidation sites excluding steroid dienone is 2. The molecule has 0 saturated heterocycles. The summed E-state index contributed by atoms with van der Waals surface area (Å²) in [5, 5.41) is 0.706. The van der Waals surface area contributed by atoms with Crippen molar-refractivity contribution in [3.05, 3.63) is 53.1 Å². The van der Waals surface area contributed by atoms with Gasteiger partial charge in [-0.1, -0.05) is 43.7 Å². The Bertz CT molecular complexity index is 375. The molecule has 18 heavy (non-hydrogen) atoms. The number of benzene rings is 1. The van der Waals surface area contributed by atoms with E-state index in [1.807, 2.05) is 39.0 Å². The lowest BCUT2D eigenvalue weighted by molar-refractivity contribution is -0.113. The first-order valence-electron chi connectivity index (χ1n) is 6.03. The van der Waals surface area contributed by atoms with Crippen LogP contribution in [0, 0.1) is 0 Å². The highest BCUT2D eigenvalue weighted by atomic mass is 35.5. The molecule has 0 heterocycles. The number of rotatable bonds is 2. The molecule has 1 aromatic carbocycles. The van der Waals surface area contributed by atoms with E-state index in [1.165, 1.54) is 0 Å². The van der Waals surface area contributed by atoms with Crippen molar-refractivity contribution in [2.45, 2.75) is 34.6 Å². The van der Waals surface area contributed by atoms with Crippen LogP contribution in [-0.4, -0.2) is 5.78 Å². The summed E-state index contributed by atoms with van der Waals surface area (Å²) in [4.78, 5) is 10.9. The topological polar surface area (TPSA) is 17.1 Å². The first kappa shape index (κ1) is 19.0. The molecule has 0 fully saturated rings. The maximum atomic E-state index is 10.9. The van der Waals surface area contributed by atoms with Gasteiger partial charge in [-0.25, -0.2) is 0 Å². The second-order valence-electron chi connectivity index (χ2n) is 3.34. The van der Waals surface area contributed by atoms with Crippen molar-refractivity contribution >= 4 is 23.5 Å². The Morgan fingerprint density at radius 3 is 1.89 bits per heavy atom. The molecule has 0 aliphatic heterocycles. The molecule has 0 unspecified atom stereocenters. The second kappa shape index (κ2) is 12.1. The van der Waals surface area contributed by atoms with Gasteiger partial charge in [0.25, 0.3) is 0 Å². The zero-order chi connectivity index (χ0) is 14.6. The molecule has 0 amide bonds. The van der Waals surface area contributed by atoms with Crippen molar-refractivity contribution in [3.8, 4) is 0 Å². The Labute approximate surface area is 116 Å². The van der Waals surface area contributed by atoms with Crippen LogP contribution in [0.5, 0.6) is 0 Å². The van der Waals surface area contributed by atoms with E-state index in [-0.39, 0.29) is 5.78 Å². The summed E-state index contributed by atoms with van der Waals surface area (Å²) in [6.45, 7) is 12.6. The van der Waals surface area contributed by atoms with E-state index in [1.54, 1.807) is 32.1 Å². The van der Waals surface area contributed by atoms with Crippen LogP contribution in [0.25, 0.3) is 6.08 Å². The number of Topliss-reactive ketones (excluding diaryl/α,β-unsaturated/α-hetero) is 1. The molecule has 0 saturated carbocycles. The third-order valence-corrected chi connectivity index (χ3v) is 2.06. The zero-order valence-electron chi connectivity index (χ0n) is 12.0. The largest absolute Gasteiger partial charge is 0.295 e. The van der Waals surface area contributed by atoms with Gasteiger partial charge < -0.3 is 0 Å². The number of halogens is 1. The highest BCUT2D eigenvalue weighted by Crippen LogP contribution is 2.12. The molecule has 0 aliphatic carbocycles. The van der Waals surface area contributed by atoms with Crippen LogP contribution in [0.3, 0.4) is 0 Å². The first-order chi connectivity index (χ1) is 8.51. The standard InChI is InChI=1S/C11H11ClO.C3H6.C2H6/c1-8(9(2)13)7-10-3-5-11(12)6-4-10;1-3-2;1-2/h3-7H,1-2H3;3H,1H2,2H3;1-2H3/b8-7+;;. The van der Waals surface area contributed by atoms with E-state index in [2.05, 4.69) is 6.58 Å². The van der Waals surface area contributed by atoms with Gasteiger partial charge in [-0.3, -0.25) is 4.79 Å². The van der Waals surface area contributed by atoms with Gasteiger partial charge in [0.15, 0.2) is 5.78 Å². The van der Waals surface area contributed by atoms with E-state index in [0.29, 0.717) is 5.02 Å². The third kappa shape index (κ3) is 9.86. The molecule has 1 nitrogen and oxygen atoms in total. The molecule has 1 aromatic rings. The Morgan fingerprint density at radius 2 is 1.56 bits per heavy atom. The Kier molecular flexibility index (Phi) is 12.8. The van der Waals surface area contributed by atoms with Crippen LogP contribution in [-0.2, 0) is 4.79 Å². The van der Waals surface area contributed by atoms with Crippen LogP contribution < -0.4 is 0 Å². The van der Waals surface area contributed by atoms with E-state index in [9.17, 15) is 4.79 Å². The molecular weight excluding hydrogens is 244 g/mol. The van der Waals surface area contributed by atoms with Crippen molar-refractivity contribution in [2.24, 2.45) is 0 Å². The monoisotopic (exact) mass is 266 g/mol. The van der Waals surface area contributed by atoms with Crippen LogP contribution in [0.2, 0.25) is 5.02 Å². The van der Waals surface area contributed by atoms with Gasteiger partial charge in [0, 0.05) is 5.02 Å². The van der Waals surface area contributed by atoms with Gasteiger partial charge in [0.2, 0.25) is 0 Å². The van der Waals surface area contributed by atoms with Crippen molar-refractivity contribution in [1.29, 1.82) is 0 Å². The number of ketones is 1. The molecule has 0 aromatic heterocycles. The predicted molar refractivity (Wildman–Crippen MR) is 83.0 cm³/mol. The van der Waals surface area contributed by atoms with E-state index in [4.69, 9.17) is 11.6 Å². The maximum absolute atomic E-state index is 10.9. The molecule has 0 spiro atoms. The van der Waals surface area contributed by atoms with Gasteiger partial charge >= 0.3 is 0 Å². The number of hydrogen-bond donors (Lipinski definition) is 0. The number of carbonyl (C=O) groups is 1. The Morgan fingerprint density at radius 1 is 1.17 bits per heavy atom. The van der Waals surface area contributed by atoms with Crippen LogP contribution in [0.4, 0.5) is 0 Å². The lowest BCUT2D eigenvalue weighted by Crippen LogP contribution is -1.90. The molecule has 0 radical (unpaired) electrons. The van der Waals surface area contributed by atoms with Crippen molar-refractivity contribution in [1.82, 2.24) is 0 Å². The summed E-state index contributed by atoms with van der Waals surface area (Å²) >= 11 is 5.72. The van der Waals surface area contributed by atoms with Gasteiger partial charge in [-0.15, -0.1) is 6.58 Å². The number of carbonyl (C=O) groups excluding carboxylic acids is 1. The van der Waals surface area contributed by atoms with Crippen LogP contribution in [0.15, 0.2) is 42.5 Å². The summed E-state index contributed by atoms with van der Waals surface area (Å²) < 4.78 is 0. The summed E-state index contributed by atoms with van der Waals surface area (Å²) in [5.41, 5.74) is 1.75. The van der Waals surface area contributed by atoms with Crippen LogP contribution >= 0.6 is 11.6 Å². The van der Waals surface area contributed by atoms with Crippen molar-refractivity contribution < 1.29 is 4.79 Å². The third-order valence-electron chi connectivity index (χ3n) is 1.81. The molecule has 100 valence electrons. The second-order valence-corrected chi connectivity index (χ2v) is 3.78. The summed E-state index contributed by atoms with van der Waals surface area (Å²) in [6, 6.07) is 7.38. The fourth-order valence-corrected chi connectivity index (χ4v) is 1.04. The Balaban J connectivity index is 0. The van der Waals surface area contributed by atoms with Gasteiger partial charge in [0.1, 0.15) is 0 Å². The minimum Gasteiger partial charge on any atom is -0.295 e. The zero-order valence-corrected chi connectivity index (χ0v) is 12.7. The molecule has 0 bridgehead atoms. The van der Waals surface area contributed by atoms with Crippen molar-refractivity contribution in [2.75, 3.05) is 0 Å². The highest BCUT2D eigenvalue weighted by Gasteiger charge is 1.96. The summed E-state index contributed by atoms with van der Waals surface area (Å²) in [5.74, 6) is 0.0925. The lowest BCUT2D eigenvalue weighted by atomic mass is 10.1. The van der Waals surface area contributed by atoms with Crippen LogP contribution in [0.1, 0.15) is 40.2 Å². The summed E-state index contributed by atoms with van der Waals surface area (Å²) in [6.07, 6.45) is 3.60. The maximum Gasteiger partial charge on any atom is 0.155 e. The highest BCUT2D eigenvalue weighted by molar-refractivity contribution is 6.30. The van der Waals surface area contributed by atoms with Gasteiger partial charge in [-0.05, 0) is 50.1 Å². The SMILES string of the molecule is C=CC.CC.CC(=O)/C(C)=C/c1ccc(Cl)cc1.